The van der Waals surface area contributed by atoms with Gasteiger partial charge in [0.15, 0.2) is 0 Å². The molecule has 0 radical (unpaired) electrons. The summed E-state index contributed by atoms with van der Waals surface area (Å²) in [5.41, 5.74) is 0.755. The standard InChI is InChI=1S/C13H17NO3S/c1-13(2,12(16)17)18-9-8-11(15)14-10-6-4-3-5-7-10/h3-7H,8-9H2,1-2H3,(H,14,15)(H,16,17). The minimum absolute atomic E-state index is 0.102. The van der Waals surface area contributed by atoms with E-state index in [1.54, 1.807) is 13.8 Å². The number of amides is 1. The molecule has 1 aromatic carbocycles. The van der Waals surface area contributed by atoms with Crippen LogP contribution in [0.2, 0.25) is 0 Å². The van der Waals surface area contributed by atoms with Crippen LogP contribution in [0.1, 0.15) is 20.3 Å². The van der Waals surface area contributed by atoms with Gasteiger partial charge in [-0.3, -0.25) is 9.59 Å². The average molecular weight is 267 g/mol. The van der Waals surface area contributed by atoms with E-state index >= 15 is 0 Å². The molecule has 0 spiro atoms. The summed E-state index contributed by atoms with van der Waals surface area (Å²) in [6.45, 7) is 3.27. The summed E-state index contributed by atoms with van der Waals surface area (Å²) < 4.78 is -0.854. The Bertz CT molecular complexity index is 418. The molecular formula is C13H17NO3S. The van der Waals surface area contributed by atoms with Crippen LogP contribution in [0, 0.1) is 0 Å². The normalized spacial score (nSPS) is 11.0. The highest BCUT2D eigenvalue weighted by Crippen LogP contribution is 2.25. The number of aliphatic carboxylic acids is 1. The Morgan fingerprint density at radius 3 is 2.44 bits per heavy atom. The fourth-order valence-electron chi connectivity index (χ4n) is 1.21. The molecule has 18 heavy (non-hydrogen) atoms. The van der Waals surface area contributed by atoms with Crippen LogP contribution in [0.5, 0.6) is 0 Å². The van der Waals surface area contributed by atoms with Crippen molar-refractivity contribution in [1.29, 1.82) is 0 Å². The Kier molecular flexibility index (Phi) is 5.22. The highest BCUT2D eigenvalue weighted by molar-refractivity contribution is 8.01. The second-order valence-electron chi connectivity index (χ2n) is 4.33. The Balaban J connectivity index is 2.32. The van der Waals surface area contributed by atoms with Crippen LogP contribution in [0.25, 0.3) is 0 Å². The number of hydrogen-bond donors (Lipinski definition) is 2. The summed E-state index contributed by atoms with van der Waals surface area (Å²) in [6.07, 6.45) is 0.302. The van der Waals surface area contributed by atoms with Gasteiger partial charge in [-0.05, 0) is 26.0 Å². The van der Waals surface area contributed by atoms with Gasteiger partial charge in [0.1, 0.15) is 4.75 Å². The van der Waals surface area contributed by atoms with E-state index in [1.165, 1.54) is 11.8 Å². The molecule has 1 rings (SSSR count). The number of carboxylic acids is 1. The summed E-state index contributed by atoms with van der Waals surface area (Å²) in [6, 6.07) is 9.19. The third kappa shape index (κ3) is 4.79. The van der Waals surface area contributed by atoms with Gasteiger partial charge >= 0.3 is 5.97 Å². The third-order valence-electron chi connectivity index (χ3n) is 2.36. The fraction of sp³-hybridized carbons (Fsp3) is 0.385. The maximum Gasteiger partial charge on any atom is 0.319 e. The molecule has 0 saturated carbocycles. The maximum absolute atomic E-state index is 11.6. The molecule has 0 saturated heterocycles. The third-order valence-corrected chi connectivity index (χ3v) is 3.67. The molecule has 0 atom stereocenters. The predicted molar refractivity (Wildman–Crippen MR) is 73.9 cm³/mol. The van der Waals surface area contributed by atoms with Crippen LogP contribution >= 0.6 is 11.8 Å². The molecule has 0 unspecified atom stereocenters. The molecule has 0 heterocycles. The van der Waals surface area contributed by atoms with Gasteiger partial charge in [-0.2, -0.15) is 0 Å². The maximum atomic E-state index is 11.6. The van der Waals surface area contributed by atoms with Gasteiger partial charge in [0.2, 0.25) is 5.91 Å². The topological polar surface area (TPSA) is 66.4 Å². The number of benzene rings is 1. The summed E-state index contributed by atoms with van der Waals surface area (Å²) in [5.74, 6) is -0.483. The van der Waals surface area contributed by atoms with Gasteiger partial charge in [0, 0.05) is 17.9 Å². The summed E-state index contributed by atoms with van der Waals surface area (Å²) in [4.78, 5) is 22.5. The second kappa shape index (κ2) is 6.44. The first kappa shape index (κ1) is 14.6. The van der Waals surface area contributed by atoms with Crippen molar-refractivity contribution >= 4 is 29.3 Å². The van der Waals surface area contributed by atoms with Gasteiger partial charge in [0.05, 0.1) is 0 Å². The van der Waals surface area contributed by atoms with Crippen molar-refractivity contribution in [2.24, 2.45) is 0 Å². The molecule has 0 fully saturated rings. The van der Waals surface area contributed by atoms with E-state index in [0.29, 0.717) is 12.2 Å². The van der Waals surface area contributed by atoms with Crippen molar-refractivity contribution in [3.05, 3.63) is 30.3 Å². The zero-order chi connectivity index (χ0) is 13.6. The van der Waals surface area contributed by atoms with E-state index < -0.39 is 10.7 Å². The summed E-state index contributed by atoms with van der Waals surface area (Å²) in [7, 11) is 0. The smallest absolute Gasteiger partial charge is 0.319 e. The van der Waals surface area contributed by atoms with Crippen molar-refractivity contribution < 1.29 is 14.7 Å². The number of para-hydroxylation sites is 1. The fourth-order valence-corrected chi connectivity index (χ4v) is 2.13. The number of carbonyl (C=O) groups excluding carboxylic acids is 1. The lowest BCUT2D eigenvalue weighted by Gasteiger charge is -2.17. The largest absolute Gasteiger partial charge is 0.480 e. The van der Waals surface area contributed by atoms with Crippen molar-refractivity contribution in [3.8, 4) is 0 Å². The molecule has 0 aliphatic rings. The quantitative estimate of drug-likeness (QED) is 0.831. The van der Waals surface area contributed by atoms with E-state index in [9.17, 15) is 9.59 Å². The number of carboxylic acid groups (broad SMARTS) is 1. The number of anilines is 1. The van der Waals surface area contributed by atoms with Crippen LogP contribution in [0.15, 0.2) is 30.3 Å². The monoisotopic (exact) mass is 267 g/mol. The van der Waals surface area contributed by atoms with Crippen LogP contribution < -0.4 is 5.32 Å². The molecular weight excluding hydrogens is 250 g/mol. The van der Waals surface area contributed by atoms with Crippen LogP contribution in [-0.2, 0) is 9.59 Å². The number of thioether (sulfide) groups is 1. The predicted octanol–water partition coefficient (Wildman–Crippen LogP) is 2.61. The first-order valence-corrected chi connectivity index (χ1v) is 6.62. The van der Waals surface area contributed by atoms with Gasteiger partial charge in [-0.25, -0.2) is 0 Å². The second-order valence-corrected chi connectivity index (χ2v) is 6.05. The Morgan fingerprint density at radius 2 is 1.89 bits per heavy atom. The lowest BCUT2D eigenvalue weighted by atomic mass is 10.2. The first-order chi connectivity index (χ1) is 8.42. The SMILES string of the molecule is CC(C)(SCCC(=O)Nc1ccccc1)C(=O)O. The first-order valence-electron chi connectivity index (χ1n) is 5.64. The Labute approximate surface area is 111 Å². The molecule has 0 bridgehead atoms. The highest BCUT2D eigenvalue weighted by Gasteiger charge is 2.27. The molecule has 98 valence electrons. The average Bonchev–Trinajstić information content (AvgIpc) is 2.29. The van der Waals surface area contributed by atoms with Gasteiger partial charge in [0.25, 0.3) is 0 Å². The molecule has 0 aromatic heterocycles. The number of carbonyl (C=O) groups is 2. The van der Waals surface area contributed by atoms with E-state index in [1.807, 2.05) is 30.3 Å². The molecule has 1 amide bonds. The number of hydrogen-bond acceptors (Lipinski definition) is 3. The number of rotatable bonds is 6. The molecule has 4 nitrogen and oxygen atoms in total. The summed E-state index contributed by atoms with van der Waals surface area (Å²) in [5, 5.41) is 11.7. The molecule has 1 aromatic rings. The van der Waals surface area contributed by atoms with E-state index in [2.05, 4.69) is 5.32 Å². The zero-order valence-electron chi connectivity index (χ0n) is 10.5. The van der Waals surface area contributed by atoms with Crippen LogP contribution in [0.4, 0.5) is 5.69 Å². The molecule has 2 N–H and O–H groups in total. The van der Waals surface area contributed by atoms with Crippen LogP contribution in [-0.4, -0.2) is 27.5 Å². The van der Waals surface area contributed by atoms with E-state index in [-0.39, 0.29) is 5.91 Å². The molecule has 0 aliphatic heterocycles. The van der Waals surface area contributed by atoms with Crippen molar-refractivity contribution in [1.82, 2.24) is 0 Å². The molecule has 0 aliphatic carbocycles. The van der Waals surface area contributed by atoms with Crippen molar-refractivity contribution in [2.75, 3.05) is 11.1 Å². The number of nitrogens with one attached hydrogen (secondary N) is 1. The highest BCUT2D eigenvalue weighted by atomic mass is 32.2. The van der Waals surface area contributed by atoms with Crippen molar-refractivity contribution in [3.63, 3.8) is 0 Å². The lowest BCUT2D eigenvalue weighted by Crippen LogP contribution is -2.28. The van der Waals surface area contributed by atoms with E-state index in [0.717, 1.165) is 5.69 Å². The minimum Gasteiger partial charge on any atom is -0.480 e. The van der Waals surface area contributed by atoms with Gasteiger partial charge < -0.3 is 10.4 Å². The van der Waals surface area contributed by atoms with Crippen molar-refractivity contribution in [2.45, 2.75) is 25.0 Å². The summed E-state index contributed by atoms with van der Waals surface area (Å²) >= 11 is 1.27. The minimum atomic E-state index is -0.865. The Morgan fingerprint density at radius 1 is 1.28 bits per heavy atom. The zero-order valence-corrected chi connectivity index (χ0v) is 11.3. The Hall–Kier alpha value is -1.49. The van der Waals surface area contributed by atoms with Gasteiger partial charge in [-0.15, -0.1) is 11.8 Å². The van der Waals surface area contributed by atoms with Crippen LogP contribution in [0.3, 0.4) is 0 Å². The van der Waals surface area contributed by atoms with E-state index in [4.69, 9.17) is 5.11 Å². The van der Waals surface area contributed by atoms with Gasteiger partial charge in [-0.1, -0.05) is 18.2 Å². The lowest BCUT2D eigenvalue weighted by molar-refractivity contribution is -0.138. The molecule has 5 heteroatoms.